The quantitative estimate of drug-likeness (QED) is 0.867. The summed E-state index contributed by atoms with van der Waals surface area (Å²) in [4.78, 5) is 16.6. The predicted octanol–water partition coefficient (Wildman–Crippen LogP) is 0.401. The summed E-state index contributed by atoms with van der Waals surface area (Å²) in [7, 11) is 2.07. The third-order valence-corrected chi connectivity index (χ3v) is 5.73. The molecule has 3 aliphatic rings. The van der Waals surface area contributed by atoms with Gasteiger partial charge in [0.2, 0.25) is 5.91 Å². The van der Waals surface area contributed by atoms with Gasteiger partial charge in [-0.1, -0.05) is 0 Å². The first kappa shape index (κ1) is 15.1. The molecule has 1 atom stereocenters. The minimum Gasteiger partial charge on any atom is -0.355 e. The van der Waals surface area contributed by atoms with Crippen LogP contribution in [0.3, 0.4) is 0 Å². The molecule has 2 aromatic heterocycles. The average molecular weight is 341 g/mol. The highest BCUT2D eigenvalue weighted by Gasteiger charge is 2.37. The molecule has 1 aliphatic carbocycles. The number of hydrogen-bond donors (Lipinski definition) is 1. The second-order valence-corrected chi connectivity index (χ2v) is 7.47. The van der Waals surface area contributed by atoms with Crippen LogP contribution in [-0.4, -0.2) is 69.4 Å². The standard InChI is InChI=1S/C17H23N7O/c1-22(13-3-2-8-18-17(13)25)12-9-23(10-12)15-7-6-14-19-20-16(11-4-5-11)24(14)21-15/h6-7,11-13H,2-5,8-10H2,1H3,(H,18,25). The van der Waals surface area contributed by atoms with Crippen LogP contribution >= 0.6 is 0 Å². The van der Waals surface area contributed by atoms with Gasteiger partial charge < -0.3 is 10.2 Å². The Kier molecular flexibility index (Phi) is 3.41. The van der Waals surface area contributed by atoms with Gasteiger partial charge in [0.25, 0.3) is 0 Å². The van der Waals surface area contributed by atoms with Crippen LogP contribution in [0, 0.1) is 0 Å². The van der Waals surface area contributed by atoms with Crippen molar-refractivity contribution in [2.75, 3.05) is 31.6 Å². The molecule has 2 aromatic rings. The van der Waals surface area contributed by atoms with Crippen molar-refractivity contribution in [2.45, 2.75) is 43.7 Å². The molecule has 0 radical (unpaired) electrons. The largest absolute Gasteiger partial charge is 0.355 e. The zero-order chi connectivity index (χ0) is 17.0. The molecule has 1 N–H and O–H groups in total. The van der Waals surface area contributed by atoms with Crippen LogP contribution in [0.4, 0.5) is 5.82 Å². The first-order valence-corrected chi connectivity index (χ1v) is 9.17. The Bertz CT molecular complexity index is 808. The van der Waals surface area contributed by atoms with E-state index in [9.17, 15) is 4.79 Å². The lowest BCUT2D eigenvalue weighted by Gasteiger charge is -2.47. The van der Waals surface area contributed by atoms with Crippen molar-refractivity contribution in [3.8, 4) is 0 Å². The average Bonchev–Trinajstić information content (AvgIpc) is 3.33. The number of rotatable bonds is 4. The first-order valence-electron chi connectivity index (χ1n) is 9.17. The lowest BCUT2D eigenvalue weighted by atomic mass is 10.00. The monoisotopic (exact) mass is 341 g/mol. The number of likely N-dealkylation sites (N-methyl/N-ethyl adjacent to an activating group) is 1. The van der Waals surface area contributed by atoms with Gasteiger partial charge in [-0.15, -0.1) is 15.3 Å². The second-order valence-electron chi connectivity index (χ2n) is 7.47. The molecule has 132 valence electrons. The number of anilines is 1. The maximum absolute atomic E-state index is 12.1. The van der Waals surface area contributed by atoms with E-state index >= 15 is 0 Å². The van der Waals surface area contributed by atoms with E-state index in [-0.39, 0.29) is 11.9 Å². The zero-order valence-corrected chi connectivity index (χ0v) is 14.4. The third kappa shape index (κ3) is 2.55. The van der Waals surface area contributed by atoms with E-state index in [1.165, 1.54) is 12.8 Å². The summed E-state index contributed by atoms with van der Waals surface area (Å²) in [6.07, 6.45) is 4.39. The summed E-state index contributed by atoms with van der Waals surface area (Å²) >= 11 is 0. The molecule has 0 bridgehead atoms. The fraction of sp³-hybridized carbons (Fsp3) is 0.647. The van der Waals surface area contributed by atoms with Crippen molar-refractivity contribution in [3.63, 3.8) is 0 Å². The summed E-state index contributed by atoms with van der Waals surface area (Å²) in [5, 5.41) is 16.2. The van der Waals surface area contributed by atoms with Crippen LogP contribution in [0.15, 0.2) is 12.1 Å². The molecule has 25 heavy (non-hydrogen) atoms. The summed E-state index contributed by atoms with van der Waals surface area (Å²) in [5.74, 6) is 2.65. The Morgan fingerprint density at radius 3 is 2.80 bits per heavy atom. The van der Waals surface area contributed by atoms with Crippen molar-refractivity contribution in [1.29, 1.82) is 0 Å². The molecule has 8 nitrogen and oxygen atoms in total. The Balaban J connectivity index is 1.29. The van der Waals surface area contributed by atoms with Crippen molar-refractivity contribution >= 4 is 17.4 Å². The van der Waals surface area contributed by atoms with Gasteiger partial charge in [-0.2, -0.15) is 4.52 Å². The number of amides is 1. The molecule has 1 saturated carbocycles. The van der Waals surface area contributed by atoms with Gasteiger partial charge in [0.05, 0.1) is 6.04 Å². The number of hydrogen-bond acceptors (Lipinski definition) is 6. The van der Waals surface area contributed by atoms with E-state index < -0.39 is 0 Å². The minimum atomic E-state index is 0.00987. The van der Waals surface area contributed by atoms with Crippen molar-refractivity contribution in [3.05, 3.63) is 18.0 Å². The highest BCUT2D eigenvalue weighted by Crippen LogP contribution is 2.38. The molecule has 3 fully saturated rings. The van der Waals surface area contributed by atoms with E-state index in [1.807, 2.05) is 16.6 Å². The van der Waals surface area contributed by atoms with Crippen molar-refractivity contribution in [1.82, 2.24) is 30.0 Å². The maximum Gasteiger partial charge on any atom is 0.237 e. The second kappa shape index (κ2) is 5.66. The molecule has 2 saturated heterocycles. The number of nitrogens with zero attached hydrogens (tertiary/aromatic N) is 6. The SMILES string of the molecule is CN(C1CN(c2ccc3nnc(C4CC4)n3n2)C1)C1CCCNC1=O. The number of fused-ring (bicyclic) bond motifs is 1. The summed E-state index contributed by atoms with van der Waals surface area (Å²) < 4.78 is 1.90. The number of carbonyl (C=O) groups is 1. The Morgan fingerprint density at radius 1 is 1.20 bits per heavy atom. The minimum absolute atomic E-state index is 0.00987. The topological polar surface area (TPSA) is 78.7 Å². The smallest absolute Gasteiger partial charge is 0.237 e. The fourth-order valence-electron chi connectivity index (χ4n) is 3.86. The van der Waals surface area contributed by atoms with Crippen LogP contribution in [-0.2, 0) is 4.79 Å². The van der Waals surface area contributed by atoms with Crippen molar-refractivity contribution < 1.29 is 4.79 Å². The van der Waals surface area contributed by atoms with Gasteiger partial charge in [-0.25, -0.2) is 0 Å². The zero-order valence-electron chi connectivity index (χ0n) is 14.4. The highest BCUT2D eigenvalue weighted by molar-refractivity contribution is 5.82. The van der Waals surface area contributed by atoms with E-state index in [0.29, 0.717) is 12.0 Å². The predicted molar refractivity (Wildman–Crippen MR) is 92.6 cm³/mol. The van der Waals surface area contributed by atoms with E-state index in [1.54, 1.807) is 0 Å². The van der Waals surface area contributed by atoms with Gasteiger partial charge in [0.15, 0.2) is 11.5 Å². The molecule has 1 unspecified atom stereocenters. The molecule has 5 rings (SSSR count). The Morgan fingerprint density at radius 2 is 2.04 bits per heavy atom. The summed E-state index contributed by atoms with van der Waals surface area (Å²) in [6, 6.07) is 4.42. The summed E-state index contributed by atoms with van der Waals surface area (Å²) in [6.45, 7) is 2.62. The molecule has 0 spiro atoms. The van der Waals surface area contributed by atoms with E-state index in [0.717, 1.165) is 49.8 Å². The van der Waals surface area contributed by atoms with Gasteiger partial charge >= 0.3 is 0 Å². The molecule has 8 heteroatoms. The molecule has 2 aliphatic heterocycles. The third-order valence-electron chi connectivity index (χ3n) is 5.73. The lowest BCUT2D eigenvalue weighted by molar-refractivity contribution is -0.128. The van der Waals surface area contributed by atoms with Crippen LogP contribution in [0.5, 0.6) is 0 Å². The first-order chi connectivity index (χ1) is 12.2. The molecule has 4 heterocycles. The number of piperidine rings is 1. The van der Waals surface area contributed by atoms with E-state index in [2.05, 4.69) is 32.4 Å². The highest BCUT2D eigenvalue weighted by atomic mass is 16.2. The molecule has 1 amide bonds. The van der Waals surface area contributed by atoms with Crippen molar-refractivity contribution in [2.24, 2.45) is 0 Å². The van der Waals surface area contributed by atoms with Crippen LogP contribution in [0.25, 0.3) is 5.65 Å². The van der Waals surface area contributed by atoms with Gasteiger partial charge in [0.1, 0.15) is 5.82 Å². The van der Waals surface area contributed by atoms with Crippen LogP contribution in [0.1, 0.15) is 37.4 Å². The maximum atomic E-state index is 12.1. The number of aromatic nitrogens is 4. The molecular weight excluding hydrogens is 318 g/mol. The van der Waals surface area contributed by atoms with Crippen LogP contribution < -0.4 is 10.2 Å². The van der Waals surface area contributed by atoms with Gasteiger partial charge in [-0.05, 0) is 44.9 Å². The lowest BCUT2D eigenvalue weighted by Crippen LogP contribution is -2.63. The molecule has 0 aromatic carbocycles. The number of nitrogens with one attached hydrogen (secondary N) is 1. The number of carbonyl (C=O) groups excluding carboxylic acids is 1. The van der Waals surface area contributed by atoms with E-state index in [4.69, 9.17) is 5.10 Å². The van der Waals surface area contributed by atoms with Gasteiger partial charge in [-0.3, -0.25) is 9.69 Å². The van der Waals surface area contributed by atoms with Gasteiger partial charge in [0, 0.05) is 31.6 Å². The fourth-order valence-corrected chi connectivity index (χ4v) is 3.86. The normalized spacial score (nSPS) is 24.6. The summed E-state index contributed by atoms with van der Waals surface area (Å²) in [5.41, 5.74) is 0.818. The Labute approximate surface area is 146 Å². The molecular formula is C17H23N7O. The Hall–Kier alpha value is -2.22. The van der Waals surface area contributed by atoms with Crippen LogP contribution in [0.2, 0.25) is 0 Å².